The number of carbonyl (C=O) groups excluding carboxylic acids is 1. The third-order valence-electron chi connectivity index (χ3n) is 6.83. The smallest absolute Gasteiger partial charge is 0.284 e. The molecule has 0 bridgehead atoms. The minimum atomic E-state index is -0.667. The first kappa shape index (κ1) is 22.5. The molecule has 0 saturated heterocycles. The van der Waals surface area contributed by atoms with Crippen LogP contribution in [0.3, 0.4) is 0 Å². The first-order chi connectivity index (χ1) is 17.5. The van der Waals surface area contributed by atoms with Gasteiger partial charge >= 0.3 is 0 Å². The number of aryl methyl sites for hydroxylation is 1. The first-order valence-corrected chi connectivity index (χ1v) is 13.0. The zero-order valence-corrected chi connectivity index (χ0v) is 21.0. The molecule has 6 rings (SSSR count). The van der Waals surface area contributed by atoms with E-state index < -0.39 is 6.23 Å². The van der Waals surface area contributed by atoms with Crippen molar-refractivity contribution in [2.45, 2.75) is 45.8 Å². The maximum absolute atomic E-state index is 14.0. The lowest BCUT2D eigenvalue weighted by Crippen LogP contribution is -2.26. The number of hydrogen-bond donors (Lipinski definition) is 0. The number of nitrogens with zero attached hydrogens (tertiary/aromatic N) is 4. The van der Waals surface area contributed by atoms with Crippen molar-refractivity contribution in [2.75, 3.05) is 0 Å². The quantitative estimate of drug-likeness (QED) is 0.392. The summed E-state index contributed by atoms with van der Waals surface area (Å²) in [7, 11) is 0. The Bertz CT molecular complexity index is 1530. The maximum atomic E-state index is 14.0. The highest BCUT2D eigenvalue weighted by Crippen LogP contribution is 2.39. The second-order valence-electron chi connectivity index (χ2n) is 9.10. The SMILES string of the molecule is CC(=O)N1N=C(c2c(C)n(-c3ccccc3)n(-c3ccccc3)c2=O)OC1c1csc2c1CCCC2. The summed E-state index contributed by atoms with van der Waals surface area (Å²) in [6.45, 7) is 3.36. The Morgan fingerprint density at radius 3 is 2.28 bits per heavy atom. The fourth-order valence-electron chi connectivity index (χ4n) is 5.13. The van der Waals surface area contributed by atoms with Gasteiger partial charge in [0.05, 0.1) is 17.1 Å². The van der Waals surface area contributed by atoms with Crippen molar-refractivity contribution in [3.8, 4) is 11.4 Å². The zero-order valence-electron chi connectivity index (χ0n) is 20.2. The summed E-state index contributed by atoms with van der Waals surface area (Å²) in [6.07, 6.45) is 3.67. The van der Waals surface area contributed by atoms with E-state index in [9.17, 15) is 9.59 Å². The average Bonchev–Trinajstić information content (AvgIpc) is 3.59. The lowest BCUT2D eigenvalue weighted by atomic mass is 9.95. The van der Waals surface area contributed by atoms with Crippen LogP contribution in [0.4, 0.5) is 0 Å². The van der Waals surface area contributed by atoms with Crippen molar-refractivity contribution in [2.24, 2.45) is 5.10 Å². The molecule has 2 aromatic carbocycles. The highest BCUT2D eigenvalue weighted by Gasteiger charge is 2.38. The van der Waals surface area contributed by atoms with Crippen LogP contribution in [0.5, 0.6) is 0 Å². The van der Waals surface area contributed by atoms with Gasteiger partial charge in [0.1, 0.15) is 5.56 Å². The largest absolute Gasteiger partial charge is 0.445 e. The van der Waals surface area contributed by atoms with Crippen molar-refractivity contribution in [1.29, 1.82) is 0 Å². The Morgan fingerprint density at radius 1 is 0.972 bits per heavy atom. The van der Waals surface area contributed by atoms with Crippen LogP contribution >= 0.6 is 11.3 Å². The Morgan fingerprint density at radius 2 is 1.61 bits per heavy atom. The summed E-state index contributed by atoms with van der Waals surface area (Å²) in [6, 6.07) is 19.2. The van der Waals surface area contributed by atoms with Crippen LogP contribution in [0.25, 0.3) is 11.4 Å². The van der Waals surface area contributed by atoms with E-state index in [-0.39, 0.29) is 17.4 Å². The number of carbonyl (C=O) groups is 1. The van der Waals surface area contributed by atoms with Gasteiger partial charge in [-0.2, -0.15) is 5.01 Å². The number of aromatic nitrogens is 2. The van der Waals surface area contributed by atoms with Crippen LogP contribution in [-0.4, -0.2) is 26.2 Å². The summed E-state index contributed by atoms with van der Waals surface area (Å²) < 4.78 is 9.87. The molecule has 1 aliphatic heterocycles. The van der Waals surface area contributed by atoms with Gasteiger partial charge in [-0.3, -0.25) is 9.59 Å². The van der Waals surface area contributed by atoms with Gasteiger partial charge in [-0.25, -0.2) is 9.36 Å². The van der Waals surface area contributed by atoms with Crippen molar-refractivity contribution < 1.29 is 9.53 Å². The van der Waals surface area contributed by atoms with Gasteiger partial charge in [0, 0.05) is 22.7 Å². The molecule has 8 heteroatoms. The molecule has 1 atom stereocenters. The fourth-order valence-corrected chi connectivity index (χ4v) is 6.28. The first-order valence-electron chi connectivity index (χ1n) is 12.1. The number of ether oxygens (including phenoxy) is 1. The van der Waals surface area contributed by atoms with Gasteiger partial charge in [0.15, 0.2) is 0 Å². The molecule has 1 aliphatic carbocycles. The molecule has 0 saturated carbocycles. The normalized spacial score (nSPS) is 17.0. The number of rotatable bonds is 4. The average molecular weight is 499 g/mol. The fraction of sp³-hybridized carbons (Fsp3) is 0.250. The van der Waals surface area contributed by atoms with E-state index in [1.807, 2.05) is 72.3 Å². The number of hydrogen-bond acceptors (Lipinski definition) is 5. The molecule has 182 valence electrons. The lowest BCUT2D eigenvalue weighted by molar-refractivity contribution is -0.135. The summed E-state index contributed by atoms with van der Waals surface area (Å²) in [5.74, 6) is -0.0536. The monoisotopic (exact) mass is 498 g/mol. The van der Waals surface area contributed by atoms with Gasteiger partial charge < -0.3 is 4.74 Å². The molecule has 1 unspecified atom stereocenters. The highest BCUT2D eigenvalue weighted by atomic mass is 32.1. The van der Waals surface area contributed by atoms with Gasteiger partial charge in [-0.15, -0.1) is 16.4 Å². The third-order valence-corrected chi connectivity index (χ3v) is 7.93. The molecule has 2 aliphatic rings. The van der Waals surface area contributed by atoms with Crippen LogP contribution in [0.2, 0.25) is 0 Å². The third kappa shape index (κ3) is 3.60. The molecule has 0 N–H and O–H groups in total. The van der Waals surface area contributed by atoms with Crippen LogP contribution in [0.1, 0.15) is 53.3 Å². The number of amides is 1. The molecular formula is C28H26N4O3S. The van der Waals surface area contributed by atoms with E-state index in [2.05, 4.69) is 10.5 Å². The Hall–Kier alpha value is -3.91. The number of hydrazone groups is 1. The minimum absolute atomic E-state index is 0.174. The van der Waals surface area contributed by atoms with Crippen LogP contribution < -0.4 is 5.56 Å². The summed E-state index contributed by atoms with van der Waals surface area (Å²) in [5.41, 5.74) is 4.59. The predicted molar refractivity (Wildman–Crippen MR) is 140 cm³/mol. The molecule has 0 fully saturated rings. The van der Waals surface area contributed by atoms with Gasteiger partial charge in [-0.1, -0.05) is 36.4 Å². The summed E-state index contributed by atoms with van der Waals surface area (Å²) >= 11 is 1.72. The molecular weight excluding hydrogens is 472 g/mol. The van der Waals surface area contributed by atoms with Crippen molar-refractivity contribution in [3.05, 3.63) is 104 Å². The van der Waals surface area contributed by atoms with E-state index in [1.54, 1.807) is 16.0 Å². The van der Waals surface area contributed by atoms with E-state index in [4.69, 9.17) is 4.74 Å². The minimum Gasteiger partial charge on any atom is -0.445 e. The second kappa shape index (κ2) is 8.95. The molecule has 0 spiro atoms. The Kier molecular flexibility index (Phi) is 5.60. The maximum Gasteiger partial charge on any atom is 0.284 e. The molecule has 7 nitrogen and oxygen atoms in total. The predicted octanol–water partition coefficient (Wildman–Crippen LogP) is 5.12. The van der Waals surface area contributed by atoms with Crippen LogP contribution in [0, 0.1) is 6.92 Å². The van der Waals surface area contributed by atoms with E-state index in [1.165, 1.54) is 28.8 Å². The number of thiophene rings is 1. The van der Waals surface area contributed by atoms with Gasteiger partial charge in [0.2, 0.25) is 18.0 Å². The Balaban J connectivity index is 1.50. The summed E-state index contributed by atoms with van der Waals surface area (Å²) in [4.78, 5) is 27.9. The molecule has 1 amide bonds. The molecule has 0 radical (unpaired) electrons. The standard InChI is InChI=1S/C28H26N4O3S/c1-18-25(27(34)32(21-13-7-4-8-14-21)31(18)20-11-5-3-6-12-20)26-29-30(19(2)33)28(35-26)23-17-36-24-16-10-9-15-22(23)24/h3-8,11-14,17,28H,9-10,15-16H2,1-2H3. The van der Waals surface area contributed by atoms with Gasteiger partial charge in [-0.05, 0) is 62.4 Å². The topological polar surface area (TPSA) is 68.8 Å². The molecule has 4 aromatic rings. The van der Waals surface area contributed by atoms with E-state index in [0.717, 1.165) is 36.2 Å². The molecule has 36 heavy (non-hydrogen) atoms. The van der Waals surface area contributed by atoms with E-state index >= 15 is 0 Å². The Labute approximate surface area is 212 Å². The number of benzene rings is 2. The van der Waals surface area contributed by atoms with Crippen molar-refractivity contribution in [1.82, 2.24) is 14.4 Å². The number of para-hydroxylation sites is 2. The molecule has 3 heterocycles. The van der Waals surface area contributed by atoms with Crippen LogP contribution in [0.15, 0.2) is 75.9 Å². The van der Waals surface area contributed by atoms with Crippen molar-refractivity contribution in [3.63, 3.8) is 0 Å². The van der Waals surface area contributed by atoms with E-state index in [0.29, 0.717) is 11.3 Å². The van der Waals surface area contributed by atoms with Gasteiger partial charge in [0.25, 0.3) is 5.56 Å². The zero-order chi connectivity index (χ0) is 24.8. The lowest BCUT2D eigenvalue weighted by Gasteiger charge is -2.21. The van der Waals surface area contributed by atoms with Crippen molar-refractivity contribution >= 4 is 23.1 Å². The highest BCUT2D eigenvalue weighted by molar-refractivity contribution is 7.10. The second-order valence-corrected chi connectivity index (χ2v) is 10.1. The van der Waals surface area contributed by atoms with Crippen LogP contribution in [-0.2, 0) is 22.4 Å². The number of fused-ring (bicyclic) bond motifs is 1. The molecule has 2 aromatic heterocycles. The summed E-state index contributed by atoms with van der Waals surface area (Å²) in [5, 5.41) is 8.02.